The van der Waals surface area contributed by atoms with Gasteiger partial charge in [0.2, 0.25) is 0 Å². The first-order valence-corrected chi connectivity index (χ1v) is 12.2. The molecule has 2 saturated heterocycles. The van der Waals surface area contributed by atoms with Gasteiger partial charge in [0.05, 0.1) is 13.3 Å². The summed E-state index contributed by atoms with van der Waals surface area (Å²) in [6, 6.07) is 0. The Balaban J connectivity index is 1.33. The van der Waals surface area contributed by atoms with Gasteiger partial charge in [-0.2, -0.15) is 0 Å². The van der Waals surface area contributed by atoms with Gasteiger partial charge in [-0.3, -0.25) is 19.6 Å². The first-order chi connectivity index (χ1) is 13.3. The van der Waals surface area contributed by atoms with Crippen molar-refractivity contribution in [2.24, 2.45) is 0 Å². The summed E-state index contributed by atoms with van der Waals surface area (Å²) in [6.07, 6.45) is 15.4. The van der Waals surface area contributed by atoms with E-state index < -0.39 is 0 Å². The van der Waals surface area contributed by atoms with Gasteiger partial charge in [-0.1, -0.05) is 58.8 Å². The van der Waals surface area contributed by atoms with E-state index in [0.29, 0.717) is 0 Å². The third kappa shape index (κ3) is 10.3. The fraction of sp³-hybridized carbons (Fsp3) is 1.00. The van der Waals surface area contributed by atoms with Crippen molar-refractivity contribution in [2.45, 2.75) is 84.5 Å². The van der Waals surface area contributed by atoms with Gasteiger partial charge in [0.25, 0.3) is 0 Å². The van der Waals surface area contributed by atoms with Crippen LogP contribution in [0, 0.1) is 0 Å². The summed E-state index contributed by atoms with van der Waals surface area (Å²) in [5, 5.41) is 0. The van der Waals surface area contributed by atoms with Crippen molar-refractivity contribution in [1.29, 1.82) is 0 Å². The monoisotopic (exact) mass is 380 g/mol. The molecule has 0 N–H and O–H groups in total. The highest BCUT2D eigenvalue weighted by Gasteiger charge is 2.19. The third-order valence-corrected chi connectivity index (χ3v) is 6.37. The number of hydrogen-bond acceptors (Lipinski definition) is 4. The molecule has 160 valence electrons. The number of unbranched alkanes of at least 4 members (excludes halogenated alkanes) is 8. The van der Waals surface area contributed by atoms with Crippen molar-refractivity contribution in [2.75, 3.05) is 65.7 Å². The van der Waals surface area contributed by atoms with E-state index in [1.54, 1.807) is 0 Å². The van der Waals surface area contributed by atoms with E-state index in [2.05, 4.69) is 33.4 Å². The zero-order chi connectivity index (χ0) is 19.2. The van der Waals surface area contributed by atoms with Gasteiger partial charge in [0.1, 0.15) is 0 Å². The van der Waals surface area contributed by atoms with Gasteiger partial charge in [-0.25, -0.2) is 0 Å². The minimum Gasteiger partial charge on any atom is -0.289 e. The maximum Gasteiger partial charge on any atom is 0.0507 e. The number of nitrogens with zero attached hydrogens (tertiary/aromatic N) is 4. The van der Waals surface area contributed by atoms with Crippen LogP contribution in [0.5, 0.6) is 0 Å². The number of hydrogen-bond donors (Lipinski definition) is 0. The maximum atomic E-state index is 2.66. The second-order valence-corrected chi connectivity index (χ2v) is 8.94. The van der Waals surface area contributed by atoms with E-state index in [1.165, 1.54) is 136 Å². The first-order valence-electron chi connectivity index (χ1n) is 12.2. The Morgan fingerprint density at radius 3 is 1.04 bits per heavy atom. The highest BCUT2D eigenvalue weighted by molar-refractivity contribution is 4.72. The third-order valence-electron chi connectivity index (χ3n) is 6.37. The molecule has 0 spiro atoms. The highest BCUT2D eigenvalue weighted by atomic mass is 15.4. The summed E-state index contributed by atoms with van der Waals surface area (Å²) in [5.74, 6) is 0. The van der Waals surface area contributed by atoms with Gasteiger partial charge in [0.15, 0.2) is 0 Å². The molecule has 0 aromatic carbocycles. The molecule has 0 aromatic heterocycles. The molecule has 0 radical (unpaired) electrons. The average molecular weight is 381 g/mol. The second-order valence-electron chi connectivity index (χ2n) is 8.94. The molecule has 0 aliphatic carbocycles. The Hall–Kier alpha value is -0.160. The Morgan fingerprint density at radius 2 is 0.704 bits per heavy atom. The van der Waals surface area contributed by atoms with Crippen LogP contribution in [-0.4, -0.2) is 85.3 Å². The van der Waals surface area contributed by atoms with Crippen molar-refractivity contribution in [1.82, 2.24) is 19.6 Å². The predicted molar refractivity (Wildman–Crippen MR) is 118 cm³/mol. The standard InChI is InChI=1S/C23H48N4/c1-3-5-14-24-18-20-26(22-24)16-12-10-8-7-9-11-13-17-27-21-19-25(23-27)15-6-4-2/h3-23H2,1-2H3. The lowest BCUT2D eigenvalue weighted by atomic mass is 10.1. The van der Waals surface area contributed by atoms with Crippen LogP contribution >= 0.6 is 0 Å². The zero-order valence-electron chi connectivity index (χ0n) is 18.6. The lowest BCUT2D eigenvalue weighted by molar-refractivity contribution is 0.238. The lowest BCUT2D eigenvalue weighted by Crippen LogP contribution is -2.27. The summed E-state index contributed by atoms with van der Waals surface area (Å²) in [4.78, 5) is 10.6. The van der Waals surface area contributed by atoms with Crippen molar-refractivity contribution in [3.63, 3.8) is 0 Å². The molecule has 4 nitrogen and oxygen atoms in total. The summed E-state index contributed by atoms with van der Waals surface area (Å²) in [5.41, 5.74) is 0. The zero-order valence-corrected chi connectivity index (χ0v) is 18.6. The highest BCUT2D eigenvalue weighted by Crippen LogP contribution is 2.12. The molecule has 0 aromatic rings. The summed E-state index contributed by atoms with van der Waals surface area (Å²) in [7, 11) is 0. The van der Waals surface area contributed by atoms with Crippen molar-refractivity contribution >= 4 is 0 Å². The minimum absolute atomic E-state index is 1.23. The molecule has 2 heterocycles. The molecule has 2 rings (SSSR count). The van der Waals surface area contributed by atoms with E-state index in [0.717, 1.165) is 0 Å². The molecular weight excluding hydrogens is 332 g/mol. The molecule has 2 aliphatic heterocycles. The van der Waals surface area contributed by atoms with Crippen LogP contribution in [0.2, 0.25) is 0 Å². The van der Waals surface area contributed by atoms with Gasteiger partial charge < -0.3 is 0 Å². The lowest BCUT2D eigenvalue weighted by Gasteiger charge is -2.18. The fourth-order valence-electron chi connectivity index (χ4n) is 4.46. The van der Waals surface area contributed by atoms with Crippen LogP contribution in [-0.2, 0) is 0 Å². The van der Waals surface area contributed by atoms with Crippen molar-refractivity contribution in [3.8, 4) is 0 Å². The van der Waals surface area contributed by atoms with Crippen LogP contribution in [0.15, 0.2) is 0 Å². The Bertz CT molecular complexity index is 317. The van der Waals surface area contributed by atoms with Gasteiger partial charge in [-0.05, 0) is 51.9 Å². The summed E-state index contributed by atoms with van der Waals surface area (Å²) in [6.45, 7) is 17.5. The number of rotatable bonds is 16. The molecule has 0 saturated carbocycles. The largest absolute Gasteiger partial charge is 0.289 e. The van der Waals surface area contributed by atoms with Crippen LogP contribution in [0.4, 0.5) is 0 Å². The van der Waals surface area contributed by atoms with Crippen LogP contribution < -0.4 is 0 Å². The van der Waals surface area contributed by atoms with Crippen molar-refractivity contribution in [3.05, 3.63) is 0 Å². The van der Waals surface area contributed by atoms with Crippen LogP contribution in [0.1, 0.15) is 84.5 Å². The predicted octanol–water partition coefficient (Wildman–Crippen LogP) is 4.47. The van der Waals surface area contributed by atoms with Crippen LogP contribution in [0.25, 0.3) is 0 Å². The molecule has 27 heavy (non-hydrogen) atoms. The summed E-state index contributed by atoms with van der Waals surface area (Å²) >= 11 is 0. The molecule has 4 heteroatoms. The maximum absolute atomic E-state index is 2.66. The van der Waals surface area contributed by atoms with Gasteiger partial charge >= 0.3 is 0 Å². The quantitative estimate of drug-likeness (QED) is 0.366. The Kier molecular flexibility index (Phi) is 12.7. The minimum atomic E-state index is 1.23. The molecule has 0 unspecified atom stereocenters. The van der Waals surface area contributed by atoms with E-state index in [4.69, 9.17) is 0 Å². The summed E-state index contributed by atoms with van der Waals surface area (Å²) < 4.78 is 0. The SMILES string of the molecule is CCCCN1CCN(CCCCCCCCCN2CCN(CCCC)C2)C1. The molecule has 2 fully saturated rings. The van der Waals surface area contributed by atoms with Crippen molar-refractivity contribution < 1.29 is 0 Å². The topological polar surface area (TPSA) is 13.0 Å². The van der Waals surface area contributed by atoms with Gasteiger partial charge in [-0.15, -0.1) is 0 Å². The van der Waals surface area contributed by atoms with E-state index in [9.17, 15) is 0 Å². The molecule has 0 atom stereocenters. The Morgan fingerprint density at radius 1 is 0.407 bits per heavy atom. The fourth-order valence-corrected chi connectivity index (χ4v) is 4.46. The van der Waals surface area contributed by atoms with Crippen LogP contribution in [0.3, 0.4) is 0 Å². The Labute approximate surface area is 170 Å². The van der Waals surface area contributed by atoms with E-state index >= 15 is 0 Å². The average Bonchev–Trinajstić information content (AvgIpc) is 3.32. The molecular formula is C23H48N4. The van der Waals surface area contributed by atoms with E-state index in [-0.39, 0.29) is 0 Å². The smallest absolute Gasteiger partial charge is 0.0507 e. The molecule has 0 bridgehead atoms. The first kappa shape index (κ1) is 23.1. The molecule has 0 amide bonds. The molecule has 2 aliphatic rings. The van der Waals surface area contributed by atoms with E-state index in [1.807, 2.05) is 0 Å². The second kappa shape index (κ2) is 14.8. The normalized spacial score (nSPS) is 20.2. The van der Waals surface area contributed by atoms with Gasteiger partial charge in [0, 0.05) is 26.2 Å².